The summed E-state index contributed by atoms with van der Waals surface area (Å²) in [6.45, 7) is 0.272. The highest BCUT2D eigenvalue weighted by Gasteiger charge is 2.34. The van der Waals surface area contributed by atoms with E-state index in [0.29, 0.717) is 5.56 Å². The predicted octanol–water partition coefficient (Wildman–Crippen LogP) is 2.22. The number of aliphatic carboxylic acids is 1. The Morgan fingerprint density at radius 1 is 1.48 bits per heavy atom. The van der Waals surface area contributed by atoms with Gasteiger partial charge in [-0.1, -0.05) is 12.1 Å². The van der Waals surface area contributed by atoms with Crippen LogP contribution in [0.1, 0.15) is 24.8 Å². The zero-order valence-electron chi connectivity index (χ0n) is 11.9. The van der Waals surface area contributed by atoms with Gasteiger partial charge in [-0.3, -0.25) is 4.79 Å². The number of nitrogens with zero attached hydrogens (tertiary/aromatic N) is 1. The van der Waals surface area contributed by atoms with Crippen molar-refractivity contribution >= 4 is 12.0 Å². The van der Waals surface area contributed by atoms with E-state index in [1.807, 2.05) is 0 Å². The first kappa shape index (κ1) is 15.3. The highest BCUT2D eigenvalue weighted by molar-refractivity contribution is 5.75. The molecule has 0 aromatic heterocycles. The highest BCUT2D eigenvalue weighted by Crippen LogP contribution is 2.34. The summed E-state index contributed by atoms with van der Waals surface area (Å²) in [5, 5.41) is 11.6. The van der Waals surface area contributed by atoms with Crippen molar-refractivity contribution in [3.63, 3.8) is 0 Å². The van der Waals surface area contributed by atoms with Gasteiger partial charge in [-0.2, -0.15) is 0 Å². The average molecular weight is 294 g/mol. The highest BCUT2D eigenvalue weighted by atomic mass is 19.1. The monoisotopic (exact) mass is 294 g/mol. The van der Waals surface area contributed by atoms with E-state index < -0.39 is 5.97 Å². The Morgan fingerprint density at radius 3 is 2.76 bits per heavy atom. The summed E-state index contributed by atoms with van der Waals surface area (Å²) < 4.78 is 13.1. The van der Waals surface area contributed by atoms with Crippen LogP contribution in [0, 0.1) is 11.7 Å². The molecule has 5 nitrogen and oxygen atoms in total. The lowest BCUT2D eigenvalue weighted by molar-refractivity contribution is -0.137. The van der Waals surface area contributed by atoms with Crippen LogP contribution in [0.4, 0.5) is 9.18 Å². The molecule has 2 N–H and O–H groups in total. The van der Waals surface area contributed by atoms with Gasteiger partial charge in [-0.05, 0) is 36.5 Å². The number of rotatable bonds is 6. The third-order valence-electron chi connectivity index (χ3n) is 3.55. The van der Waals surface area contributed by atoms with Crippen molar-refractivity contribution in [3.05, 3.63) is 35.6 Å². The fraction of sp³-hybridized carbons (Fsp3) is 0.467. The van der Waals surface area contributed by atoms with Crippen molar-refractivity contribution in [3.8, 4) is 0 Å². The molecule has 1 aromatic rings. The number of hydrogen-bond acceptors (Lipinski definition) is 2. The summed E-state index contributed by atoms with van der Waals surface area (Å²) >= 11 is 0. The number of carboxylic acids is 1. The van der Waals surface area contributed by atoms with E-state index in [2.05, 4.69) is 5.32 Å². The van der Waals surface area contributed by atoms with Gasteiger partial charge in [-0.15, -0.1) is 0 Å². The van der Waals surface area contributed by atoms with Crippen LogP contribution in [-0.2, 0) is 11.3 Å². The number of amides is 2. The molecule has 6 heteroatoms. The fourth-order valence-electron chi connectivity index (χ4n) is 2.27. The van der Waals surface area contributed by atoms with Gasteiger partial charge in [0.2, 0.25) is 0 Å². The third kappa shape index (κ3) is 4.73. The van der Waals surface area contributed by atoms with Crippen molar-refractivity contribution in [1.82, 2.24) is 10.2 Å². The smallest absolute Gasteiger partial charge is 0.317 e. The Balaban J connectivity index is 1.90. The average Bonchev–Trinajstić information content (AvgIpc) is 3.21. The van der Waals surface area contributed by atoms with E-state index in [1.54, 1.807) is 19.2 Å². The van der Waals surface area contributed by atoms with Crippen LogP contribution in [0.5, 0.6) is 0 Å². The largest absolute Gasteiger partial charge is 0.481 e. The van der Waals surface area contributed by atoms with E-state index >= 15 is 0 Å². The van der Waals surface area contributed by atoms with Gasteiger partial charge in [-0.25, -0.2) is 9.18 Å². The van der Waals surface area contributed by atoms with E-state index in [9.17, 15) is 14.0 Å². The predicted molar refractivity (Wildman–Crippen MR) is 75.2 cm³/mol. The van der Waals surface area contributed by atoms with Crippen LogP contribution >= 0.6 is 0 Å². The van der Waals surface area contributed by atoms with Crippen molar-refractivity contribution in [1.29, 1.82) is 0 Å². The quantitative estimate of drug-likeness (QED) is 0.845. The topological polar surface area (TPSA) is 69.6 Å². The van der Waals surface area contributed by atoms with Crippen molar-refractivity contribution < 1.29 is 19.1 Å². The van der Waals surface area contributed by atoms with E-state index in [0.717, 1.165) is 12.8 Å². The molecule has 0 spiro atoms. The van der Waals surface area contributed by atoms with Crippen LogP contribution in [-0.4, -0.2) is 35.1 Å². The van der Waals surface area contributed by atoms with Gasteiger partial charge in [0.1, 0.15) is 5.82 Å². The Morgan fingerprint density at radius 2 is 2.19 bits per heavy atom. The second kappa shape index (κ2) is 6.56. The summed E-state index contributed by atoms with van der Waals surface area (Å²) in [4.78, 5) is 24.3. The lowest BCUT2D eigenvalue weighted by atomic mass is 10.1. The number of carboxylic acid groups (broad SMARTS) is 1. The molecule has 1 aliphatic carbocycles. The Bertz CT molecular complexity index is 531. The maximum atomic E-state index is 13.1. The number of urea groups is 1. The molecule has 21 heavy (non-hydrogen) atoms. The number of carbonyl (C=O) groups is 2. The molecule has 2 amide bonds. The number of benzene rings is 1. The lowest BCUT2D eigenvalue weighted by Crippen LogP contribution is -2.44. The van der Waals surface area contributed by atoms with Gasteiger partial charge in [0.05, 0.1) is 6.42 Å². The molecule has 1 unspecified atom stereocenters. The zero-order valence-corrected chi connectivity index (χ0v) is 11.9. The minimum atomic E-state index is -0.917. The molecule has 0 aliphatic heterocycles. The molecular formula is C15H19FN2O3. The molecule has 0 heterocycles. The van der Waals surface area contributed by atoms with Gasteiger partial charge < -0.3 is 15.3 Å². The van der Waals surface area contributed by atoms with E-state index in [-0.39, 0.29) is 36.8 Å². The molecule has 1 saturated carbocycles. The summed E-state index contributed by atoms with van der Waals surface area (Å²) in [5.41, 5.74) is 0.689. The number of halogens is 1. The van der Waals surface area contributed by atoms with E-state index in [1.165, 1.54) is 17.0 Å². The van der Waals surface area contributed by atoms with Crippen LogP contribution in [0.25, 0.3) is 0 Å². The van der Waals surface area contributed by atoms with Gasteiger partial charge in [0.25, 0.3) is 0 Å². The van der Waals surface area contributed by atoms with E-state index in [4.69, 9.17) is 5.11 Å². The van der Waals surface area contributed by atoms with Crippen molar-refractivity contribution in [2.24, 2.45) is 5.92 Å². The maximum absolute atomic E-state index is 13.1. The summed E-state index contributed by atoms with van der Waals surface area (Å²) in [5.74, 6) is -1.00. The normalized spacial score (nSPS) is 15.3. The summed E-state index contributed by atoms with van der Waals surface area (Å²) in [7, 11) is 1.60. The standard InChI is InChI=1S/C15H19FN2O3/c1-18(9-10-3-2-4-12(16)7-10)15(21)17-13(8-14(19)20)11-5-6-11/h2-4,7,11,13H,5-6,8-9H2,1H3,(H,17,21)(H,19,20). The molecule has 1 atom stereocenters. The lowest BCUT2D eigenvalue weighted by Gasteiger charge is -2.22. The Kier molecular flexibility index (Phi) is 4.77. The van der Waals surface area contributed by atoms with Crippen LogP contribution < -0.4 is 5.32 Å². The third-order valence-corrected chi connectivity index (χ3v) is 3.55. The second-order valence-corrected chi connectivity index (χ2v) is 5.48. The molecule has 0 saturated heterocycles. The molecule has 114 valence electrons. The van der Waals surface area contributed by atoms with Crippen molar-refractivity contribution in [2.45, 2.75) is 31.8 Å². The minimum absolute atomic E-state index is 0.0653. The van der Waals surface area contributed by atoms with Gasteiger partial charge in [0.15, 0.2) is 0 Å². The second-order valence-electron chi connectivity index (χ2n) is 5.48. The molecule has 0 radical (unpaired) electrons. The SMILES string of the molecule is CN(Cc1cccc(F)c1)C(=O)NC(CC(=O)O)C1CC1. The first-order valence-corrected chi connectivity index (χ1v) is 6.93. The Hall–Kier alpha value is -2.11. The molecule has 1 fully saturated rings. The molecule has 0 bridgehead atoms. The van der Waals surface area contributed by atoms with Crippen LogP contribution in [0.3, 0.4) is 0 Å². The molecule has 2 rings (SSSR count). The first-order chi connectivity index (χ1) is 9.95. The summed E-state index contributed by atoms with van der Waals surface area (Å²) in [6, 6.07) is 5.39. The number of carbonyl (C=O) groups excluding carboxylic acids is 1. The van der Waals surface area contributed by atoms with Crippen LogP contribution in [0.15, 0.2) is 24.3 Å². The van der Waals surface area contributed by atoms with Gasteiger partial charge in [0, 0.05) is 19.6 Å². The molecule has 1 aromatic carbocycles. The number of hydrogen-bond donors (Lipinski definition) is 2. The molecule has 1 aliphatic rings. The first-order valence-electron chi connectivity index (χ1n) is 6.93. The fourth-order valence-corrected chi connectivity index (χ4v) is 2.27. The summed E-state index contributed by atoms with van der Waals surface area (Å²) in [6.07, 6.45) is 1.84. The maximum Gasteiger partial charge on any atom is 0.317 e. The Labute approximate surface area is 122 Å². The minimum Gasteiger partial charge on any atom is -0.481 e. The van der Waals surface area contributed by atoms with Gasteiger partial charge >= 0.3 is 12.0 Å². The van der Waals surface area contributed by atoms with Crippen molar-refractivity contribution in [2.75, 3.05) is 7.05 Å². The zero-order chi connectivity index (χ0) is 15.4. The van der Waals surface area contributed by atoms with Crippen LogP contribution in [0.2, 0.25) is 0 Å². The molecular weight excluding hydrogens is 275 g/mol. The number of nitrogens with one attached hydrogen (secondary N) is 1.